The molecule has 1 aliphatic heterocycles. The van der Waals surface area contributed by atoms with Gasteiger partial charge in [-0.3, -0.25) is 9.69 Å². The first-order chi connectivity index (χ1) is 9.92. The number of hydrogen-bond acceptors (Lipinski definition) is 3. The van der Waals surface area contributed by atoms with E-state index >= 15 is 0 Å². The molecule has 1 fully saturated rings. The fraction of sp³-hybridized carbons (Fsp3) is 0.588. The number of nitrogens with one attached hydrogen (secondary N) is 1. The summed E-state index contributed by atoms with van der Waals surface area (Å²) in [5.41, 5.74) is 8.11. The van der Waals surface area contributed by atoms with Crippen molar-refractivity contribution in [2.45, 2.75) is 33.1 Å². The predicted molar refractivity (Wildman–Crippen MR) is 94.6 cm³/mol. The van der Waals surface area contributed by atoms with Gasteiger partial charge in [0.15, 0.2) is 0 Å². The third-order valence-corrected chi connectivity index (χ3v) is 4.36. The average Bonchev–Trinajstić information content (AvgIpc) is 2.81. The van der Waals surface area contributed by atoms with Crippen LogP contribution in [0, 0.1) is 5.41 Å². The lowest BCUT2D eigenvalue weighted by molar-refractivity contribution is -0.117. The van der Waals surface area contributed by atoms with Crippen LogP contribution in [-0.2, 0) is 4.79 Å². The van der Waals surface area contributed by atoms with E-state index in [-0.39, 0.29) is 23.7 Å². The van der Waals surface area contributed by atoms with Crippen molar-refractivity contribution in [2.75, 3.05) is 31.5 Å². The molecule has 1 amide bonds. The van der Waals surface area contributed by atoms with E-state index in [2.05, 4.69) is 43.1 Å². The van der Waals surface area contributed by atoms with Crippen molar-refractivity contribution in [1.82, 2.24) is 4.90 Å². The number of likely N-dealkylation sites (tertiary alicyclic amines) is 1. The van der Waals surface area contributed by atoms with E-state index in [0.29, 0.717) is 19.0 Å². The van der Waals surface area contributed by atoms with Gasteiger partial charge in [-0.1, -0.05) is 32.9 Å². The molecule has 3 N–H and O–H groups in total. The molecule has 2 rings (SSSR count). The van der Waals surface area contributed by atoms with Crippen molar-refractivity contribution in [1.29, 1.82) is 0 Å². The van der Waals surface area contributed by atoms with E-state index in [1.165, 1.54) is 5.56 Å². The zero-order valence-electron chi connectivity index (χ0n) is 13.8. The maximum atomic E-state index is 12.1. The highest BCUT2D eigenvalue weighted by atomic mass is 35.5. The minimum Gasteiger partial charge on any atom is -0.330 e. The Kier molecular flexibility index (Phi) is 6.85. The zero-order valence-corrected chi connectivity index (χ0v) is 14.6. The number of rotatable bonds is 5. The molecule has 22 heavy (non-hydrogen) atoms. The van der Waals surface area contributed by atoms with Crippen molar-refractivity contribution in [3.63, 3.8) is 0 Å². The fourth-order valence-electron chi connectivity index (χ4n) is 2.78. The minimum atomic E-state index is 0. The van der Waals surface area contributed by atoms with Crippen LogP contribution in [0.2, 0.25) is 0 Å². The number of anilines is 1. The summed E-state index contributed by atoms with van der Waals surface area (Å²) in [6.07, 6.45) is 1.07. The zero-order chi connectivity index (χ0) is 15.5. The molecule has 0 saturated carbocycles. The molecule has 0 radical (unpaired) electrons. The fourth-order valence-corrected chi connectivity index (χ4v) is 2.78. The van der Waals surface area contributed by atoms with Crippen molar-refractivity contribution >= 4 is 24.0 Å². The number of carbonyl (C=O) groups excluding carboxylic acids is 1. The smallest absolute Gasteiger partial charge is 0.238 e. The summed E-state index contributed by atoms with van der Waals surface area (Å²) in [7, 11) is 0. The Balaban J connectivity index is 0.00000242. The lowest BCUT2D eigenvalue weighted by Gasteiger charge is -2.22. The standard InChI is InChI=1S/C17H27N3O.ClH/c1-13(2)14-4-6-15(7-5-14)19-16(21)10-20-9-8-17(3,11-18)12-20;/h4-7,13H,8-12,18H2,1-3H3,(H,19,21);1H. The van der Waals surface area contributed by atoms with Gasteiger partial charge in [-0.05, 0) is 48.5 Å². The second-order valence-electron chi connectivity index (χ2n) is 6.80. The SMILES string of the molecule is CC(C)c1ccc(NC(=O)CN2CCC(C)(CN)C2)cc1.Cl. The molecule has 0 aliphatic carbocycles. The first-order valence-electron chi connectivity index (χ1n) is 7.74. The Morgan fingerprint density at radius 1 is 1.36 bits per heavy atom. The average molecular weight is 326 g/mol. The second-order valence-corrected chi connectivity index (χ2v) is 6.80. The van der Waals surface area contributed by atoms with Crippen LogP contribution in [0.15, 0.2) is 24.3 Å². The molecule has 1 aromatic rings. The number of hydrogen-bond donors (Lipinski definition) is 2. The molecule has 1 aliphatic rings. The summed E-state index contributed by atoms with van der Waals surface area (Å²) in [6, 6.07) is 8.09. The lowest BCUT2D eigenvalue weighted by Crippen LogP contribution is -2.35. The molecular formula is C17H28ClN3O. The molecule has 1 saturated heterocycles. The van der Waals surface area contributed by atoms with Crippen molar-refractivity contribution in [2.24, 2.45) is 11.1 Å². The van der Waals surface area contributed by atoms with Gasteiger partial charge < -0.3 is 11.1 Å². The summed E-state index contributed by atoms with van der Waals surface area (Å²) in [5, 5.41) is 2.97. The van der Waals surface area contributed by atoms with Crippen LogP contribution in [0.4, 0.5) is 5.69 Å². The monoisotopic (exact) mass is 325 g/mol. The van der Waals surface area contributed by atoms with Gasteiger partial charge in [0.2, 0.25) is 5.91 Å². The van der Waals surface area contributed by atoms with Crippen LogP contribution >= 0.6 is 12.4 Å². The molecule has 1 heterocycles. The van der Waals surface area contributed by atoms with E-state index in [1.54, 1.807) is 0 Å². The van der Waals surface area contributed by atoms with Gasteiger partial charge in [0.25, 0.3) is 0 Å². The van der Waals surface area contributed by atoms with Crippen molar-refractivity contribution in [3.05, 3.63) is 29.8 Å². The molecule has 1 unspecified atom stereocenters. The Morgan fingerprint density at radius 2 is 2.00 bits per heavy atom. The molecule has 0 bridgehead atoms. The van der Waals surface area contributed by atoms with Gasteiger partial charge >= 0.3 is 0 Å². The predicted octanol–water partition coefficient (Wildman–Crippen LogP) is 2.84. The van der Waals surface area contributed by atoms with E-state index in [1.807, 2.05) is 12.1 Å². The Morgan fingerprint density at radius 3 is 2.50 bits per heavy atom. The van der Waals surface area contributed by atoms with Gasteiger partial charge in [-0.25, -0.2) is 0 Å². The van der Waals surface area contributed by atoms with Crippen molar-refractivity contribution < 1.29 is 4.79 Å². The number of halogens is 1. The molecule has 124 valence electrons. The highest BCUT2D eigenvalue weighted by molar-refractivity contribution is 5.92. The summed E-state index contributed by atoms with van der Waals surface area (Å²) in [4.78, 5) is 14.3. The Labute approximate surface area is 139 Å². The second kappa shape index (κ2) is 7.95. The van der Waals surface area contributed by atoms with Gasteiger partial charge in [0.05, 0.1) is 6.54 Å². The number of nitrogens with two attached hydrogens (primary N) is 1. The molecule has 5 heteroatoms. The van der Waals surface area contributed by atoms with Crippen molar-refractivity contribution in [3.8, 4) is 0 Å². The maximum Gasteiger partial charge on any atom is 0.238 e. The lowest BCUT2D eigenvalue weighted by atomic mass is 9.90. The van der Waals surface area contributed by atoms with E-state index in [4.69, 9.17) is 5.73 Å². The minimum absolute atomic E-state index is 0. The van der Waals surface area contributed by atoms with Crippen LogP contribution in [-0.4, -0.2) is 37.0 Å². The van der Waals surface area contributed by atoms with Crippen LogP contribution in [0.25, 0.3) is 0 Å². The number of benzene rings is 1. The van der Waals surface area contributed by atoms with Gasteiger partial charge in [-0.15, -0.1) is 12.4 Å². The molecule has 0 spiro atoms. The summed E-state index contributed by atoms with van der Waals surface area (Å²) in [5.74, 6) is 0.557. The molecule has 0 aromatic heterocycles. The first-order valence-corrected chi connectivity index (χ1v) is 7.74. The Bertz CT molecular complexity index is 489. The largest absolute Gasteiger partial charge is 0.330 e. The maximum absolute atomic E-state index is 12.1. The third kappa shape index (κ3) is 4.97. The summed E-state index contributed by atoms with van der Waals surface area (Å²) in [6.45, 7) is 9.50. The van der Waals surface area contributed by atoms with Gasteiger partial charge in [0, 0.05) is 12.2 Å². The van der Waals surface area contributed by atoms with Crippen LogP contribution < -0.4 is 11.1 Å². The van der Waals surface area contributed by atoms with Gasteiger partial charge in [-0.2, -0.15) is 0 Å². The molecule has 1 aromatic carbocycles. The van der Waals surface area contributed by atoms with E-state index in [0.717, 1.165) is 25.2 Å². The molecule has 4 nitrogen and oxygen atoms in total. The Hall–Kier alpha value is -1.10. The normalized spacial score (nSPS) is 21.7. The number of carbonyl (C=O) groups is 1. The topological polar surface area (TPSA) is 58.4 Å². The summed E-state index contributed by atoms with van der Waals surface area (Å²) >= 11 is 0. The number of nitrogens with zero attached hydrogens (tertiary/aromatic N) is 1. The highest BCUT2D eigenvalue weighted by Crippen LogP contribution is 2.28. The van der Waals surface area contributed by atoms with E-state index in [9.17, 15) is 4.79 Å². The van der Waals surface area contributed by atoms with Crippen LogP contribution in [0.1, 0.15) is 38.7 Å². The highest BCUT2D eigenvalue weighted by Gasteiger charge is 2.33. The number of amides is 1. The molecular weight excluding hydrogens is 298 g/mol. The third-order valence-electron chi connectivity index (χ3n) is 4.36. The van der Waals surface area contributed by atoms with Crippen LogP contribution in [0.5, 0.6) is 0 Å². The summed E-state index contributed by atoms with van der Waals surface area (Å²) < 4.78 is 0. The van der Waals surface area contributed by atoms with Gasteiger partial charge in [0.1, 0.15) is 0 Å². The van der Waals surface area contributed by atoms with Crippen LogP contribution in [0.3, 0.4) is 0 Å². The van der Waals surface area contributed by atoms with E-state index < -0.39 is 0 Å². The first kappa shape index (κ1) is 18.9. The quantitative estimate of drug-likeness (QED) is 0.875. The molecule has 1 atom stereocenters.